The molecule has 0 radical (unpaired) electrons. The van der Waals surface area contributed by atoms with E-state index in [0.29, 0.717) is 16.5 Å². The van der Waals surface area contributed by atoms with E-state index < -0.39 is 9.84 Å². The molecule has 0 aliphatic carbocycles. The number of amides is 1. The number of nitrogens with two attached hydrogens (primary N) is 1. The molecular formula is C12H18Cl2N2O4S. The lowest BCUT2D eigenvalue weighted by Gasteiger charge is -2.12. The van der Waals surface area contributed by atoms with Crippen LogP contribution in [-0.2, 0) is 14.6 Å². The second-order valence-corrected chi connectivity index (χ2v) is 6.90. The lowest BCUT2D eigenvalue weighted by molar-refractivity contribution is -0.116. The van der Waals surface area contributed by atoms with Gasteiger partial charge in [0.1, 0.15) is 12.4 Å². The topological polar surface area (TPSA) is 98.5 Å². The predicted octanol–water partition coefficient (Wildman–Crippen LogP) is 1.47. The van der Waals surface area contributed by atoms with Crippen molar-refractivity contribution in [3.05, 3.63) is 23.2 Å². The summed E-state index contributed by atoms with van der Waals surface area (Å²) in [6.07, 6.45) is 1.30. The smallest absolute Gasteiger partial charge is 0.225 e. The molecule has 3 N–H and O–H groups in total. The molecule has 0 fully saturated rings. The highest BCUT2D eigenvalue weighted by Gasteiger charge is 2.10. The van der Waals surface area contributed by atoms with Gasteiger partial charge >= 0.3 is 0 Å². The molecule has 6 nitrogen and oxygen atoms in total. The Balaban J connectivity index is 0.00000400. The van der Waals surface area contributed by atoms with Crippen LogP contribution >= 0.6 is 24.0 Å². The van der Waals surface area contributed by atoms with E-state index >= 15 is 0 Å². The number of carbonyl (C=O) groups excluding carboxylic acids is 1. The number of sulfone groups is 1. The molecule has 0 spiro atoms. The highest BCUT2D eigenvalue weighted by molar-refractivity contribution is 7.90. The summed E-state index contributed by atoms with van der Waals surface area (Å²) in [6, 6.07) is 4.70. The molecule has 1 amide bonds. The van der Waals surface area contributed by atoms with Crippen molar-refractivity contribution in [2.24, 2.45) is 5.73 Å². The van der Waals surface area contributed by atoms with Crippen LogP contribution in [-0.4, -0.2) is 39.5 Å². The van der Waals surface area contributed by atoms with Gasteiger partial charge in [-0.25, -0.2) is 8.42 Å². The van der Waals surface area contributed by atoms with E-state index in [2.05, 4.69) is 5.32 Å². The fourth-order valence-electron chi connectivity index (χ4n) is 1.37. The summed E-state index contributed by atoms with van der Waals surface area (Å²) in [5.74, 6) is -0.00243. The molecule has 0 bridgehead atoms. The molecule has 9 heteroatoms. The first kappa shape index (κ1) is 20.0. The van der Waals surface area contributed by atoms with Gasteiger partial charge in [-0.15, -0.1) is 12.4 Å². The summed E-state index contributed by atoms with van der Waals surface area (Å²) in [5.41, 5.74) is 5.69. The summed E-state index contributed by atoms with van der Waals surface area (Å²) >= 11 is 5.86. The molecule has 1 aromatic rings. The van der Waals surface area contributed by atoms with Crippen molar-refractivity contribution in [1.29, 1.82) is 0 Å². The van der Waals surface area contributed by atoms with Crippen LogP contribution in [0.4, 0.5) is 5.69 Å². The van der Waals surface area contributed by atoms with Gasteiger partial charge in [0.05, 0.1) is 11.4 Å². The Kier molecular flexibility index (Phi) is 8.65. The van der Waals surface area contributed by atoms with E-state index in [-0.39, 0.29) is 43.6 Å². The lowest BCUT2D eigenvalue weighted by Crippen LogP contribution is -2.17. The van der Waals surface area contributed by atoms with Crippen LogP contribution in [0.3, 0.4) is 0 Å². The SMILES string of the molecule is CS(=O)(=O)CCOc1ccc(Cl)cc1NC(=O)CCN.Cl. The van der Waals surface area contributed by atoms with E-state index in [0.717, 1.165) is 6.26 Å². The maximum absolute atomic E-state index is 11.5. The molecule has 1 aromatic carbocycles. The quantitative estimate of drug-likeness (QED) is 0.770. The van der Waals surface area contributed by atoms with Crippen molar-refractivity contribution in [1.82, 2.24) is 0 Å². The molecule has 0 unspecified atom stereocenters. The average molecular weight is 357 g/mol. The zero-order chi connectivity index (χ0) is 15.2. The van der Waals surface area contributed by atoms with E-state index in [9.17, 15) is 13.2 Å². The predicted molar refractivity (Wildman–Crippen MR) is 86.2 cm³/mol. The molecule has 0 aromatic heterocycles. The minimum atomic E-state index is -3.10. The summed E-state index contributed by atoms with van der Waals surface area (Å²) in [5, 5.41) is 3.06. The van der Waals surface area contributed by atoms with Crippen LogP contribution in [0.2, 0.25) is 5.02 Å². The van der Waals surface area contributed by atoms with Crippen molar-refractivity contribution in [3.63, 3.8) is 0 Å². The van der Waals surface area contributed by atoms with Crippen LogP contribution in [0.25, 0.3) is 0 Å². The first-order valence-electron chi connectivity index (χ1n) is 5.92. The highest BCUT2D eigenvalue weighted by atomic mass is 35.5. The zero-order valence-corrected chi connectivity index (χ0v) is 13.9. The van der Waals surface area contributed by atoms with Gasteiger partial charge in [0.25, 0.3) is 0 Å². The molecule has 21 heavy (non-hydrogen) atoms. The van der Waals surface area contributed by atoms with Gasteiger partial charge < -0.3 is 15.8 Å². The van der Waals surface area contributed by atoms with Gasteiger partial charge in [-0.05, 0) is 18.2 Å². The van der Waals surface area contributed by atoms with Crippen LogP contribution in [0, 0.1) is 0 Å². The maximum Gasteiger partial charge on any atom is 0.225 e. The second kappa shape index (κ2) is 9.09. The largest absolute Gasteiger partial charge is 0.490 e. The molecule has 0 saturated heterocycles. The Morgan fingerprint density at radius 1 is 1.43 bits per heavy atom. The molecule has 0 aliphatic rings. The third-order valence-corrected chi connectivity index (χ3v) is 3.44. The second-order valence-electron chi connectivity index (χ2n) is 4.21. The van der Waals surface area contributed by atoms with Crippen LogP contribution in [0.15, 0.2) is 18.2 Å². The number of anilines is 1. The number of benzene rings is 1. The van der Waals surface area contributed by atoms with Crippen molar-refractivity contribution < 1.29 is 17.9 Å². The fourth-order valence-corrected chi connectivity index (χ4v) is 1.93. The average Bonchev–Trinajstić information content (AvgIpc) is 2.30. The number of ether oxygens (including phenoxy) is 1. The fraction of sp³-hybridized carbons (Fsp3) is 0.417. The van der Waals surface area contributed by atoms with Crippen molar-refractivity contribution in [2.75, 3.05) is 30.5 Å². The summed E-state index contributed by atoms with van der Waals surface area (Å²) in [7, 11) is -3.10. The maximum atomic E-state index is 11.5. The Morgan fingerprint density at radius 3 is 2.67 bits per heavy atom. The normalized spacial score (nSPS) is 10.6. The molecular weight excluding hydrogens is 339 g/mol. The molecule has 0 aliphatic heterocycles. The standard InChI is InChI=1S/C12H17ClN2O4S.ClH/c1-20(17,18)7-6-19-11-3-2-9(13)8-10(11)15-12(16)4-5-14;/h2-3,8H,4-7,14H2,1H3,(H,15,16);1H. The first-order chi connectivity index (χ1) is 9.31. The van der Waals surface area contributed by atoms with E-state index in [1.165, 1.54) is 6.07 Å². The minimum absolute atomic E-state index is 0. The summed E-state index contributed by atoms with van der Waals surface area (Å²) in [4.78, 5) is 11.5. The first-order valence-corrected chi connectivity index (χ1v) is 8.35. The lowest BCUT2D eigenvalue weighted by atomic mass is 10.2. The van der Waals surface area contributed by atoms with Gasteiger partial charge in [0.2, 0.25) is 5.91 Å². The van der Waals surface area contributed by atoms with Crippen LogP contribution in [0.5, 0.6) is 5.75 Å². The van der Waals surface area contributed by atoms with Crippen LogP contribution in [0.1, 0.15) is 6.42 Å². The number of carbonyl (C=O) groups is 1. The summed E-state index contributed by atoms with van der Waals surface area (Å²) in [6.45, 7) is 0.233. The molecule has 0 atom stereocenters. The highest BCUT2D eigenvalue weighted by Crippen LogP contribution is 2.28. The van der Waals surface area contributed by atoms with Gasteiger partial charge in [0.15, 0.2) is 9.84 Å². The monoisotopic (exact) mass is 356 g/mol. The molecule has 120 valence electrons. The number of rotatable bonds is 7. The van der Waals surface area contributed by atoms with Gasteiger partial charge in [-0.3, -0.25) is 4.79 Å². The van der Waals surface area contributed by atoms with Crippen LogP contribution < -0.4 is 15.8 Å². The van der Waals surface area contributed by atoms with E-state index in [1.807, 2.05) is 0 Å². The summed E-state index contributed by atoms with van der Waals surface area (Å²) < 4.78 is 27.4. The van der Waals surface area contributed by atoms with E-state index in [4.69, 9.17) is 22.1 Å². The third-order valence-electron chi connectivity index (χ3n) is 2.30. The Morgan fingerprint density at radius 2 is 2.10 bits per heavy atom. The minimum Gasteiger partial charge on any atom is -0.490 e. The Labute approximate surface area is 135 Å². The number of halogens is 2. The van der Waals surface area contributed by atoms with Gasteiger partial charge in [-0.1, -0.05) is 11.6 Å². The van der Waals surface area contributed by atoms with Crippen molar-refractivity contribution in [2.45, 2.75) is 6.42 Å². The van der Waals surface area contributed by atoms with Crippen molar-refractivity contribution >= 4 is 45.4 Å². The Hall–Kier alpha value is -1.02. The zero-order valence-electron chi connectivity index (χ0n) is 11.5. The number of nitrogens with one attached hydrogen (secondary N) is 1. The molecule has 0 saturated carbocycles. The van der Waals surface area contributed by atoms with Crippen molar-refractivity contribution in [3.8, 4) is 5.75 Å². The van der Waals surface area contributed by atoms with E-state index in [1.54, 1.807) is 12.1 Å². The van der Waals surface area contributed by atoms with Gasteiger partial charge in [-0.2, -0.15) is 0 Å². The molecule has 1 rings (SSSR count). The number of hydrogen-bond acceptors (Lipinski definition) is 5. The Bertz CT molecular complexity index is 579. The molecule has 0 heterocycles. The number of hydrogen-bond donors (Lipinski definition) is 2. The third kappa shape index (κ3) is 8.11. The van der Waals surface area contributed by atoms with Gasteiger partial charge in [0, 0.05) is 24.2 Å².